The molecule has 0 aliphatic heterocycles. The van der Waals surface area contributed by atoms with Gasteiger partial charge in [-0.05, 0) is 30.7 Å². The molecule has 0 aliphatic rings. The van der Waals surface area contributed by atoms with Crippen molar-refractivity contribution in [3.8, 4) is 0 Å². The molecule has 30 heavy (non-hydrogen) atoms. The molecule has 0 saturated heterocycles. The molecule has 6 heteroatoms. The zero-order chi connectivity index (χ0) is 21.1. The monoisotopic (exact) mass is 399 g/mol. The van der Waals surface area contributed by atoms with Crippen molar-refractivity contribution >= 4 is 22.6 Å². The van der Waals surface area contributed by atoms with E-state index < -0.39 is 0 Å². The molecule has 0 saturated carbocycles. The number of aryl methyl sites for hydroxylation is 1. The Balaban J connectivity index is 1.72. The Morgan fingerprint density at radius 3 is 2.57 bits per heavy atom. The second kappa shape index (κ2) is 8.37. The number of fused-ring (bicyclic) bond motifs is 1. The van der Waals surface area contributed by atoms with Gasteiger partial charge >= 0.3 is 0 Å². The molecule has 2 heterocycles. The van der Waals surface area contributed by atoms with Gasteiger partial charge in [0.25, 0.3) is 5.91 Å². The van der Waals surface area contributed by atoms with E-state index in [2.05, 4.69) is 32.4 Å². The summed E-state index contributed by atoms with van der Waals surface area (Å²) in [5.74, 6) is 1.37. The van der Waals surface area contributed by atoms with Crippen molar-refractivity contribution in [1.82, 2.24) is 20.3 Å². The minimum absolute atomic E-state index is 0.122. The van der Waals surface area contributed by atoms with Gasteiger partial charge in [-0.15, -0.1) is 0 Å². The maximum atomic E-state index is 13.0. The van der Waals surface area contributed by atoms with Crippen LogP contribution in [-0.4, -0.2) is 35.0 Å². The number of nitrogens with zero attached hydrogens (tertiary/aromatic N) is 3. The highest BCUT2D eigenvalue weighted by molar-refractivity contribution is 5.94. The SMILES string of the molecule is Cc1nc([C@H](Cc2c[nH]c3ccccc23)NC(=O)c2ccccc2)cc(N(C)C)n1. The summed E-state index contributed by atoms with van der Waals surface area (Å²) in [7, 11) is 3.89. The molecule has 1 amide bonds. The van der Waals surface area contributed by atoms with Crippen LogP contribution in [0.25, 0.3) is 10.9 Å². The Kier molecular flexibility index (Phi) is 5.48. The molecule has 152 valence electrons. The van der Waals surface area contributed by atoms with Crippen LogP contribution in [0.2, 0.25) is 0 Å². The van der Waals surface area contributed by atoms with Crippen LogP contribution in [0.5, 0.6) is 0 Å². The predicted molar refractivity (Wildman–Crippen MR) is 120 cm³/mol. The molecule has 0 aliphatic carbocycles. The highest BCUT2D eigenvalue weighted by atomic mass is 16.1. The molecular formula is C24H25N5O. The summed E-state index contributed by atoms with van der Waals surface area (Å²) in [6.45, 7) is 1.87. The van der Waals surface area contributed by atoms with Gasteiger partial charge in [0.2, 0.25) is 0 Å². The quantitative estimate of drug-likeness (QED) is 0.513. The zero-order valence-electron chi connectivity index (χ0n) is 17.4. The van der Waals surface area contributed by atoms with Crippen molar-refractivity contribution in [3.63, 3.8) is 0 Å². The molecule has 2 aromatic carbocycles. The Morgan fingerprint density at radius 1 is 1.07 bits per heavy atom. The second-order valence-electron chi connectivity index (χ2n) is 7.55. The Morgan fingerprint density at radius 2 is 1.80 bits per heavy atom. The summed E-state index contributed by atoms with van der Waals surface area (Å²) in [6, 6.07) is 19.1. The van der Waals surface area contributed by atoms with Crippen molar-refractivity contribution in [1.29, 1.82) is 0 Å². The van der Waals surface area contributed by atoms with Gasteiger partial charge < -0.3 is 15.2 Å². The van der Waals surface area contributed by atoms with E-state index in [0.717, 1.165) is 28.0 Å². The van der Waals surface area contributed by atoms with Gasteiger partial charge in [0.1, 0.15) is 11.6 Å². The van der Waals surface area contributed by atoms with Gasteiger partial charge in [-0.1, -0.05) is 36.4 Å². The number of H-pyrrole nitrogens is 1. The fraction of sp³-hybridized carbons (Fsp3) is 0.208. The molecular weight excluding hydrogens is 374 g/mol. The molecule has 4 aromatic rings. The van der Waals surface area contributed by atoms with Crippen LogP contribution < -0.4 is 10.2 Å². The van der Waals surface area contributed by atoms with E-state index in [1.165, 1.54) is 0 Å². The van der Waals surface area contributed by atoms with Crippen molar-refractivity contribution in [2.75, 3.05) is 19.0 Å². The Labute approximate surface area is 176 Å². The van der Waals surface area contributed by atoms with E-state index in [-0.39, 0.29) is 11.9 Å². The number of nitrogens with one attached hydrogen (secondary N) is 2. The number of carbonyl (C=O) groups is 1. The molecule has 6 nitrogen and oxygen atoms in total. The second-order valence-corrected chi connectivity index (χ2v) is 7.55. The molecule has 2 N–H and O–H groups in total. The van der Waals surface area contributed by atoms with Gasteiger partial charge in [-0.25, -0.2) is 9.97 Å². The van der Waals surface area contributed by atoms with Gasteiger partial charge in [0, 0.05) is 49.2 Å². The molecule has 0 spiro atoms. The van der Waals surface area contributed by atoms with Gasteiger partial charge in [-0.3, -0.25) is 4.79 Å². The third kappa shape index (κ3) is 4.17. The highest BCUT2D eigenvalue weighted by Gasteiger charge is 2.21. The maximum Gasteiger partial charge on any atom is 0.251 e. The summed E-state index contributed by atoms with van der Waals surface area (Å²) in [5, 5.41) is 4.33. The molecule has 0 radical (unpaired) electrons. The summed E-state index contributed by atoms with van der Waals surface area (Å²) < 4.78 is 0. The van der Waals surface area contributed by atoms with E-state index in [1.807, 2.05) is 80.6 Å². The number of hydrogen-bond acceptors (Lipinski definition) is 4. The van der Waals surface area contributed by atoms with Crippen LogP contribution in [0.4, 0.5) is 5.82 Å². The lowest BCUT2D eigenvalue weighted by atomic mass is 10.0. The number of para-hydroxylation sites is 1. The van der Waals surface area contributed by atoms with Gasteiger partial charge in [0.05, 0.1) is 11.7 Å². The highest BCUT2D eigenvalue weighted by Crippen LogP contribution is 2.25. The van der Waals surface area contributed by atoms with Gasteiger partial charge in [0.15, 0.2) is 0 Å². The van der Waals surface area contributed by atoms with Crippen molar-refractivity contribution in [2.24, 2.45) is 0 Å². The lowest BCUT2D eigenvalue weighted by Crippen LogP contribution is -2.31. The minimum atomic E-state index is -0.294. The molecule has 0 unspecified atom stereocenters. The number of benzene rings is 2. The molecule has 1 atom stereocenters. The first kappa shape index (κ1) is 19.6. The molecule has 0 bridgehead atoms. The zero-order valence-corrected chi connectivity index (χ0v) is 17.4. The summed E-state index contributed by atoms with van der Waals surface area (Å²) in [6.07, 6.45) is 2.62. The topological polar surface area (TPSA) is 73.9 Å². The lowest BCUT2D eigenvalue weighted by Gasteiger charge is -2.21. The maximum absolute atomic E-state index is 13.0. The number of hydrogen-bond donors (Lipinski definition) is 2. The normalized spacial score (nSPS) is 12.0. The number of amides is 1. The van der Waals surface area contributed by atoms with Crippen LogP contribution in [-0.2, 0) is 6.42 Å². The first-order valence-corrected chi connectivity index (χ1v) is 9.95. The largest absolute Gasteiger partial charge is 0.363 e. The number of aromatic nitrogens is 3. The van der Waals surface area contributed by atoms with Crippen LogP contribution in [0.15, 0.2) is 66.9 Å². The average Bonchev–Trinajstić information content (AvgIpc) is 3.16. The van der Waals surface area contributed by atoms with Crippen LogP contribution in [0, 0.1) is 6.92 Å². The summed E-state index contributed by atoms with van der Waals surface area (Å²) >= 11 is 0. The number of anilines is 1. The first-order chi connectivity index (χ1) is 14.5. The number of aromatic amines is 1. The Bertz CT molecular complexity index is 1170. The fourth-order valence-corrected chi connectivity index (χ4v) is 3.56. The van der Waals surface area contributed by atoms with E-state index in [0.29, 0.717) is 17.8 Å². The number of carbonyl (C=O) groups excluding carboxylic acids is 1. The summed E-state index contributed by atoms with van der Waals surface area (Å²) in [5.41, 5.74) is 3.63. The van der Waals surface area contributed by atoms with Crippen molar-refractivity contribution in [3.05, 3.63) is 89.5 Å². The smallest absolute Gasteiger partial charge is 0.251 e. The molecule has 0 fully saturated rings. The van der Waals surface area contributed by atoms with Crippen LogP contribution >= 0.6 is 0 Å². The van der Waals surface area contributed by atoms with Crippen molar-refractivity contribution in [2.45, 2.75) is 19.4 Å². The van der Waals surface area contributed by atoms with E-state index >= 15 is 0 Å². The minimum Gasteiger partial charge on any atom is -0.363 e. The predicted octanol–water partition coefficient (Wildman–Crippen LogP) is 4.05. The molecule has 4 rings (SSSR count). The first-order valence-electron chi connectivity index (χ1n) is 9.95. The average molecular weight is 399 g/mol. The van der Waals surface area contributed by atoms with Gasteiger partial charge in [-0.2, -0.15) is 0 Å². The standard InChI is InChI=1S/C24H25N5O/c1-16-26-22(14-23(27-16)29(2)3)21(28-24(30)17-9-5-4-6-10-17)13-18-15-25-20-12-8-7-11-19(18)20/h4-12,14-15,21,25H,13H2,1-3H3,(H,28,30)/t21-/m0/s1. The number of rotatable bonds is 6. The van der Waals surface area contributed by atoms with Crippen LogP contribution in [0.1, 0.15) is 33.5 Å². The van der Waals surface area contributed by atoms with Crippen LogP contribution in [0.3, 0.4) is 0 Å². The fourth-order valence-electron chi connectivity index (χ4n) is 3.56. The van der Waals surface area contributed by atoms with E-state index in [1.54, 1.807) is 0 Å². The van der Waals surface area contributed by atoms with Crippen molar-refractivity contribution < 1.29 is 4.79 Å². The molecule has 2 aromatic heterocycles. The third-order valence-corrected chi connectivity index (χ3v) is 5.10. The van der Waals surface area contributed by atoms with E-state index in [9.17, 15) is 4.79 Å². The Hall–Kier alpha value is -3.67. The summed E-state index contributed by atoms with van der Waals surface area (Å²) in [4.78, 5) is 27.4. The third-order valence-electron chi connectivity index (χ3n) is 5.10. The van der Waals surface area contributed by atoms with E-state index in [4.69, 9.17) is 0 Å². The lowest BCUT2D eigenvalue weighted by molar-refractivity contribution is 0.0935.